The predicted molar refractivity (Wildman–Crippen MR) is 66.1 cm³/mol. The highest BCUT2D eigenvalue weighted by molar-refractivity contribution is 5.06. The Morgan fingerprint density at radius 1 is 1.27 bits per heavy atom. The van der Waals surface area contributed by atoms with Crippen molar-refractivity contribution in [2.45, 2.75) is 58.8 Å². The molecule has 2 heteroatoms. The predicted octanol–water partition coefficient (Wildman–Crippen LogP) is 3.35. The van der Waals surface area contributed by atoms with Gasteiger partial charge in [-0.25, -0.2) is 0 Å². The summed E-state index contributed by atoms with van der Waals surface area (Å²) >= 11 is 0. The van der Waals surface area contributed by atoms with E-state index in [0.717, 1.165) is 11.8 Å². The van der Waals surface area contributed by atoms with Crippen molar-refractivity contribution in [2.75, 3.05) is 0 Å². The van der Waals surface area contributed by atoms with Crippen LogP contribution in [0, 0.1) is 11.8 Å². The average molecular weight is 210 g/mol. The summed E-state index contributed by atoms with van der Waals surface area (Å²) in [6, 6.07) is 0. The number of nitrogens with two attached hydrogens (primary N) is 1. The molecule has 2 nitrogen and oxygen atoms in total. The fourth-order valence-electron chi connectivity index (χ4n) is 2.74. The van der Waals surface area contributed by atoms with E-state index in [-0.39, 0.29) is 0 Å². The van der Waals surface area contributed by atoms with Crippen molar-refractivity contribution >= 4 is 0 Å². The van der Waals surface area contributed by atoms with Crippen LogP contribution in [0.25, 0.3) is 0 Å². The Balaban J connectivity index is 2.58. The number of nitrogens with one attached hydrogen (secondary N) is 1. The smallest absolute Gasteiger partial charge is 0.0117 e. The van der Waals surface area contributed by atoms with Crippen LogP contribution in [0.3, 0.4) is 0 Å². The minimum Gasteiger partial charge on any atom is -0.331 e. The van der Waals surface area contributed by atoms with E-state index >= 15 is 0 Å². The first-order valence-electron chi connectivity index (χ1n) is 6.46. The summed E-state index contributed by atoms with van der Waals surface area (Å²) in [6.45, 7) is 4.61. The zero-order chi connectivity index (χ0) is 11.1. The molecule has 0 aromatic heterocycles. The van der Waals surface area contributed by atoms with Crippen molar-refractivity contribution in [3.05, 3.63) is 11.8 Å². The minimum atomic E-state index is 0.760. The fraction of sp³-hybridized carbons (Fsp3) is 0.846. The second kappa shape index (κ2) is 6.89. The second-order valence-electron chi connectivity index (χ2n) is 4.73. The third-order valence-corrected chi connectivity index (χ3v) is 3.86. The normalized spacial score (nSPS) is 31.0. The van der Waals surface area contributed by atoms with E-state index in [1.54, 1.807) is 0 Å². The molecule has 0 aromatic rings. The van der Waals surface area contributed by atoms with Crippen molar-refractivity contribution in [1.82, 2.24) is 5.43 Å². The van der Waals surface area contributed by atoms with Gasteiger partial charge in [0.15, 0.2) is 0 Å². The van der Waals surface area contributed by atoms with E-state index < -0.39 is 0 Å². The van der Waals surface area contributed by atoms with E-state index in [4.69, 9.17) is 5.84 Å². The summed E-state index contributed by atoms with van der Waals surface area (Å²) in [5, 5.41) is 0. The molecule has 1 saturated carbocycles. The highest BCUT2D eigenvalue weighted by atomic mass is 15.2. The molecule has 0 bridgehead atoms. The van der Waals surface area contributed by atoms with Crippen molar-refractivity contribution in [2.24, 2.45) is 17.7 Å². The van der Waals surface area contributed by atoms with Crippen LogP contribution < -0.4 is 11.3 Å². The molecule has 2 atom stereocenters. The standard InChI is InChI=1S/C13H26N2/c1-3-11-6-5-7-13(10-15-14)12(4-2)9-8-11/h10-12,15H,3-9,14H2,1-2H3/b13-10-. The third-order valence-electron chi connectivity index (χ3n) is 3.86. The van der Waals surface area contributed by atoms with Crippen LogP contribution >= 0.6 is 0 Å². The molecule has 0 aromatic carbocycles. The Morgan fingerprint density at radius 3 is 2.67 bits per heavy atom. The molecule has 3 N–H and O–H groups in total. The van der Waals surface area contributed by atoms with Crippen LogP contribution in [0.2, 0.25) is 0 Å². The summed E-state index contributed by atoms with van der Waals surface area (Å²) in [4.78, 5) is 0. The van der Waals surface area contributed by atoms with E-state index in [2.05, 4.69) is 19.3 Å². The topological polar surface area (TPSA) is 38.0 Å². The van der Waals surface area contributed by atoms with Gasteiger partial charge in [0, 0.05) is 6.20 Å². The van der Waals surface area contributed by atoms with Gasteiger partial charge in [-0.3, -0.25) is 5.84 Å². The van der Waals surface area contributed by atoms with Crippen LogP contribution in [0.15, 0.2) is 11.8 Å². The summed E-state index contributed by atoms with van der Waals surface area (Å²) in [5.74, 6) is 7.12. The van der Waals surface area contributed by atoms with Gasteiger partial charge in [0.1, 0.15) is 0 Å². The van der Waals surface area contributed by atoms with Gasteiger partial charge in [0.05, 0.1) is 0 Å². The largest absolute Gasteiger partial charge is 0.331 e. The highest BCUT2D eigenvalue weighted by Crippen LogP contribution is 2.32. The SMILES string of the molecule is CCC1CCC/C(=C/NN)C(CC)CC1. The molecule has 0 aliphatic heterocycles. The van der Waals surface area contributed by atoms with Crippen LogP contribution in [0.4, 0.5) is 0 Å². The maximum absolute atomic E-state index is 5.39. The zero-order valence-electron chi connectivity index (χ0n) is 10.3. The molecular formula is C13H26N2. The molecule has 1 rings (SSSR count). The second-order valence-corrected chi connectivity index (χ2v) is 4.73. The van der Waals surface area contributed by atoms with Gasteiger partial charge >= 0.3 is 0 Å². The Bertz CT molecular complexity index is 199. The van der Waals surface area contributed by atoms with Gasteiger partial charge in [-0.15, -0.1) is 0 Å². The van der Waals surface area contributed by atoms with Gasteiger partial charge in [-0.2, -0.15) is 0 Å². The lowest BCUT2D eigenvalue weighted by atomic mass is 9.80. The molecule has 0 spiro atoms. The zero-order valence-corrected chi connectivity index (χ0v) is 10.3. The van der Waals surface area contributed by atoms with E-state index in [0.29, 0.717) is 0 Å². The van der Waals surface area contributed by atoms with Crippen molar-refractivity contribution in [3.63, 3.8) is 0 Å². The number of hydrogen-bond acceptors (Lipinski definition) is 2. The Kier molecular flexibility index (Phi) is 5.77. The summed E-state index contributed by atoms with van der Waals surface area (Å²) < 4.78 is 0. The molecule has 1 aliphatic rings. The van der Waals surface area contributed by atoms with Crippen molar-refractivity contribution < 1.29 is 0 Å². The first kappa shape index (κ1) is 12.6. The maximum Gasteiger partial charge on any atom is 0.0117 e. The highest BCUT2D eigenvalue weighted by Gasteiger charge is 2.18. The first-order chi connectivity index (χ1) is 7.31. The molecule has 2 unspecified atom stereocenters. The van der Waals surface area contributed by atoms with Crippen LogP contribution in [-0.4, -0.2) is 0 Å². The molecule has 0 saturated heterocycles. The van der Waals surface area contributed by atoms with Crippen molar-refractivity contribution in [3.8, 4) is 0 Å². The number of hydrazine groups is 1. The average Bonchev–Trinajstić information content (AvgIpc) is 2.23. The Labute approximate surface area is 94.3 Å². The third kappa shape index (κ3) is 3.86. The molecule has 0 heterocycles. The molecule has 88 valence electrons. The maximum atomic E-state index is 5.39. The van der Waals surface area contributed by atoms with E-state index in [1.165, 1.54) is 50.5 Å². The van der Waals surface area contributed by atoms with E-state index in [1.807, 2.05) is 6.20 Å². The van der Waals surface area contributed by atoms with Crippen LogP contribution in [0.1, 0.15) is 58.8 Å². The quantitative estimate of drug-likeness (QED) is 0.554. The summed E-state index contributed by atoms with van der Waals surface area (Å²) in [7, 11) is 0. The number of rotatable bonds is 3. The minimum absolute atomic E-state index is 0.760. The van der Waals surface area contributed by atoms with Gasteiger partial charge in [-0.1, -0.05) is 32.3 Å². The number of allylic oxidation sites excluding steroid dienone is 1. The fourth-order valence-corrected chi connectivity index (χ4v) is 2.74. The van der Waals surface area contributed by atoms with Crippen molar-refractivity contribution in [1.29, 1.82) is 0 Å². The lowest BCUT2D eigenvalue weighted by Gasteiger charge is -2.26. The van der Waals surface area contributed by atoms with E-state index in [9.17, 15) is 0 Å². The van der Waals surface area contributed by atoms with Gasteiger partial charge in [-0.05, 0) is 43.9 Å². The molecular weight excluding hydrogens is 184 g/mol. The Morgan fingerprint density at radius 2 is 2.07 bits per heavy atom. The summed E-state index contributed by atoms with van der Waals surface area (Å²) in [5.41, 5.74) is 4.25. The lowest BCUT2D eigenvalue weighted by Crippen LogP contribution is -2.18. The first-order valence-corrected chi connectivity index (χ1v) is 6.46. The summed E-state index contributed by atoms with van der Waals surface area (Å²) in [6.07, 6.45) is 11.4. The molecule has 15 heavy (non-hydrogen) atoms. The number of hydrogen-bond donors (Lipinski definition) is 2. The molecule has 1 fully saturated rings. The lowest BCUT2D eigenvalue weighted by molar-refractivity contribution is 0.347. The van der Waals surface area contributed by atoms with Crippen LogP contribution in [-0.2, 0) is 0 Å². The van der Waals surface area contributed by atoms with Gasteiger partial charge < -0.3 is 5.43 Å². The van der Waals surface area contributed by atoms with Gasteiger partial charge in [0.25, 0.3) is 0 Å². The Hall–Kier alpha value is -0.500. The molecule has 0 amide bonds. The van der Waals surface area contributed by atoms with Gasteiger partial charge in [0.2, 0.25) is 0 Å². The monoisotopic (exact) mass is 210 g/mol. The molecule has 0 radical (unpaired) electrons. The van der Waals surface area contributed by atoms with Crippen LogP contribution in [0.5, 0.6) is 0 Å². The molecule has 1 aliphatic carbocycles.